The molecule has 0 saturated heterocycles. The third kappa shape index (κ3) is 3.07. The van der Waals surface area contributed by atoms with E-state index in [2.05, 4.69) is 29.2 Å². The van der Waals surface area contributed by atoms with Gasteiger partial charge in [-0.3, -0.25) is 18.5 Å². The first kappa shape index (κ1) is 19.0. The summed E-state index contributed by atoms with van der Waals surface area (Å²) in [5, 5.41) is 6.69. The van der Waals surface area contributed by atoms with Crippen molar-refractivity contribution < 1.29 is 0 Å². The summed E-state index contributed by atoms with van der Waals surface area (Å²) in [6.07, 6.45) is 0. The molecule has 8 heteroatoms. The maximum Gasteiger partial charge on any atom is 0.332 e. The molecule has 0 atom stereocenters. The minimum absolute atomic E-state index is 0.360. The second-order valence-corrected chi connectivity index (χ2v) is 7.83. The molecule has 156 valence electrons. The molecule has 1 aliphatic heterocycles. The number of aryl methyl sites for hydroxylation is 2. The topological polar surface area (TPSA) is 77.4 Å². The van der Waals surface area contributed by atoms with Gasteiger partial charge in [0.1, 0.15) is 0 Å². The molecule has 1 aliphatic rings. The monoisotopic (exact) mass is 414 g/mol. The van der Waals surface area contributed by atoms with Crippen LogP contribution in [-0.4, -0.2) is 24.4 Å². The number of benzene rings is 2. The average molecular weight is 414 g/mol. The maximum absolute atomic E-state index is 13.0. The lowest BCUT2D eigenvalue weighted by atomic mass is 10.1. The van der Waals surface area contributed by atoms with Crippen LogP contribution in [0.3, 0.4) is 0 Å². The molecule has 5 rings (SSSR count). The number of hydrazone groups is 1. The van der Waals surface area contributed by atoms with E-state index in [-0.39, 0.29) is 5.56 Å². The molecule has 2 aromatic carbocycles. The first-order valence-corrected chi connectivity index (χ1v) is 10.1. The van der Waals surface area contributed by atoms with Crippen LogP contribution in [0.25, 0.3) is 11.2 Å². The Morgan fingerprint density at radius 3 is 2.35 bits per heavy atom. The molecule has 31 heavy (non-hydrogen) atoms. The maximum atomic E-state index is 13.0. The van der Waals surface area contributed by atoms with E-state index in [1.54, 1.807) is 12.1 Å². The lowest BCUT2D eigenvalue weighted by Crippen LogP contribution is -2.38. The Bertz CT molecular complexity index is 1440. The first-order chi connectivity index (χ1) is 14.9. The highest BCUT2D eigenvalue weighted by Crippen LogP contribution is 2.26. The Balaban J connectivity index is 1.73. The molecule has 0 N–H and O–H groups in total. The van der Waals surface area contributed by atoms with Crippen LogP contribution in [0.1, 0.15) is 16.7 Å². The Kier molecular flexibility index (Phi) is 4.35. The molecular weight excluding hydrogens is 392 g/mol. The third-order valence-electron chi connectivity index (χ3n) is 5.67. The van der Waals surface area contributed by atoms with E-state index in [1.807, 2.05) is 41.8 Å². The van der Waals surface area contributed by atoms with Gasteiger partial charge in [-0.25, -0.2) is 9.80 Å². The van der Waals surface area contributed by atoms with Crippen LogP contribution < -0.4 is 16.3 Å². The Morgan fingerprint density at radius 2 is 1.65 bits per heavy atom. The van der Waals surface area contributed by atoms with Crippen molar-refractivity contribution in [2.75, 3.05) is 5.01 Å². The summed E-state index contributed by atoms with van der Waals surface area (Å²) < 4.78 is 4.39. The summed E-state index contributed by atoms with van der Waals surface area (Å²) in [7, 11) is 3.12. The van der Waals surface area contributed by atoms with E-state index in [1.165, 1.54) is 17.2 Å². The molecule has 8 nitrogen and oxygen atoms in total. The fraction of sp³-hybridized carbons (Fsp3) is 0.217. The number of aromatic nitrogens is 4. The summed E-state index contributed by atoms with van der Waals surface area (Å²) >= 11 is 0. The number of nitrogens with zero attached hydrogens (tertiary/aromatic N) is 6. The van der Waals surface area contributed by atoms with Gasteiger partial charge in [0.15, 0.2) is 11.2 Å². The van der Waals surface area contributed by atoms with Gasteiger partial charge in [-0.15, -0.1) is 0 Å². The number of rotatable bonds is 3. The second kappa shape index (κ2) is 7.09. The molecule has 0 aliphatic carbocycles. The summed E-state index contributed by atoms with van der Waals surface area (Å²) in [6, 6.07) is 18.1. The largest absolute Gasteiger partial charge is 0.332 e. The normalized spacial score (nSPS) is 13.4. The molecule has 0 bridgehead atoms. The van der Waals surface area contributed by atoms with Crippen molar-refractivity contribution in [2.45, 2.75) is 20.0 Å². The standard InChI is InChI=1S/C23H22N6O2/c1-15-9-11-16(12-10-15)13-29-22-24-20-19(21(30)27(3)23(31)26(20)2)28(22)14-18(25-29)17-7-5-4-6-8-17/h4-12H,13-14H2,1-3H3. The quantitative estimate of drug-likeness (QED) is 0.515. The number of hydrogen-bond acceptors (Lipinski definition) is 5. The van der Waals surface area contributed by atoms with E-state index >= 15 is 0 Å². The van der Waals surface area contributed by atoms with Gasteiger partial charge in [-0.05, 0) is 18.1 Å². The number of anilines is 1. The van der Waals surface area contributed by atoms with Crippen LogP contribution in [0, 0.1) is 6.92 Å². The van der Waals surface area contributed by atoms with E-state index in [0.717, 1.165) is 21.4 Å². The minimum Gasteiger partial charge on any atom is -0.297 e. The summed E-state index contributed by atoms with van der Waals surface area (Å²) in [5.74, 6) is 0.550. The predicted molar refractivity (Wildman–Crippen MR) is 121 cm³/mol. The van der Waals surface area contributed by atoms with Crippen molar-refractivity contribution in [3.8, 4) is 0 Å². The van der Waals surface area contributed by atoms with Gasteiger partial charge in [0.2, 0.25) is 5.95 Å². The Labute approximate surface area is 178 Å². The van der Waals surface area contributed by atoms with Crippen LogP contribution in [0.2, 0.25) is 0 Å². The van der Waals surface area contributed by atoms with Crippen LogP contribution in [0.15, 0.2) is 69.3 Å². The highest BCUT2D eigenvalue weighted by Gasteiger charge is 2.27. The molecule has 0 radical (unpaired) electrons. The van der Waals surface area contributed by atoms with Crippen molar-refractivity contribution in [1.29, 1.82) is 0 Å². The van der Waals surface area contributed by atoms with Gasteiger partial charge in [0.05, 0.1) is 18.8 Å². The second-order valence-electron chi connectivity index (χ2n) is 7.83. The van der Waals surface area contributed by atoms with Crippen LogP contribution in [0.5, 0.6) is 0 Å². The zero-order chi connectivity index (χ0) is 21.7. The molecule has 0 amide bonds. The number of fused-ring (bicyclic) bond motifs is 3. The predicted octanol–water partition coefficient (Wildman–Crippen LogP) is 2.17. The van der Waals surface area contributed by atoms with Crippen molar-refractivity contribution in [1.82, 2.24) is 18.7 Å². The molecule has 0 fully saturated rings. The third-order valence-corrected chi connectivity index (χ3v) is 5.67. The minimum atomic E-state index is -0.401. The molecule has 3 heterocycles. The highest BCUT2D eigenvalue weighted by atomic mass is 16.2. The smallest absolute Gasteiger partial charge is 0.297 e. The van der Waals surface area contributed by atoms with Gasteiger partial charge in [0, 0.05) is 14.1 Å². The molecule has 0 spiro atoms. The average Bonchev–Trinajstić information content (AvgIpc) is 3.18. The molecule has 4 aromatic rings. The zero-order valence-corrected chi connectivity index (χ0v) is 17.6. The number of imidazole rings is 1. The van der Waals surface area contributed by atoms with Crippen molar-refractivity contribution in [3.63, 3.8) is 0 Å². The fourth-order valence-electron chi connectivity index (χ4n) is 3.91. The number of hydrogen-bond donors (Lipinski definition) is 0. The summed E-state index contributed by atoms with van der Waals surface area (Å²) in [4.78, 5) is 30.1. The lowest BCUT2D eigenvalue weighted by molar-refractivity contribution is 0.699. The lowest BCUT2D eigenvalue weighted by Gasteiger charge is -2.26. The zero-order valence-electron chi connectivity index (χ0n) is 17.6. The molecule has 0 saturated carbocycles. The van der Waals surface area contributed by atoms with Gasteiger partial charge < -0.3 is 0 Å². The molecular formula is C23H22N6O2. The van der Waals surface area contributed by atoms with Gasteiger partial charge in [-0.2, -0.15) is 10.1 Å². The summed E-state index contributed by atoms with van der Waals surface area (Å²) in [5.41, 5.74) is 4.06. The van der Waals surface area contributed by atoms with E-state index in [0.29, 0.717) is 30.2 Å². The summed E-state index contributed by atoms with van der Waals surface area (Å²) in [6.45, 7) is 2.94. The van der Waals surface area contributed by atoms with E-state index in [9.17, 15) is 9.59 Å². The SMILES string of the molecule is Cc1ccc(CN2N=C(c3ccccc3)Cn3c2nc2c3c(=O)n(C)c(=O)n2C)cc1. The van der Waals surface area contributed by atoms with Crippen molar-refractivity contribution in [2.24, 2.45) is 19.2 Å². The Hall–Kier alpha value is -3.94. The van der Waals surface area contributed by atoms with Gasteiger partial charge in [-0.1, -0.05) is 60.2 Å². The highest BCUT2D eigenvalue weighted by molar-refractivity contribution is 6.02. The van der Waals surface area contributed by atoms with Crippen molar-refractivity contribution >= 4 is 22.8 Å². The van der Waals surface area contributed by atoms with E-state index < -0.39 is 5.69 Å². The van der Waals surface area contributed by atoms with E-state index in [4.69, 9.17) is 5.10 Å². The molecule has 2 aromatic heterocycles. The molecule has 0 unspecified atom stereocenters. The van der Waals surface area contributed by atoms with Gasteiger partial charge >= 0.3 is 5.69 Å². The Morgan fingerprint density at radius 1 is 0.935 bits per heavy atom. The van der Waals surface area contributed by atoms with Crippen LogP contribution in [0.4, 0.5) is 5.95 Å². The van der Waals surface area contributed by atoms with Crippen molar-refractivity contribution in [3.05, 3.63) is 92.1 Å². The van der Waals surface area contributed by atoms with Crippen LogP contribution >= 0.6 is 0 Å². The fourth-order valence-corrected chi connectivity index (χ4v) is 3.91. The van der Waals surface area contributed by atoms with Crippen LogP contribution in [-0.2, 0) is 27.2 Å². The van der Waals surface area contributed by atoms with Gasteiger partial charge in [0.25, 0.3) is 5.56 Å². The first-order valence-electron chi connectivity index (χ1n) is 10.1.